The standard InChI is InChI=1S/C20H17ClO5S/c1-3-12-8-18-16(10-17(12)21)14(9-19(22)26-18)11-25-20(23)13-4-6-15(7-5-13)27(2)24/h4-10H,3,11H2,1-2H3. The predicted molar refractivity (Wildman–Crippen MR) is 105 cm³/mol. The molecule has 0 spiro atoms. The zero-order valence-electron chi connectivity index (χ0n) is 14.8. The highest BCUT2D eigenvalue weighted by Crippen LogP contribution is 2.26. The molecular weight excluding hydrogens is 388 g/mol. The van der Waals surface area contributed by atoms with E-state index in [1.807, 2.05) is 6.92 Å². The van der Waals surface area contributed by atoms with E-state index in [0.29, 0.717) is 38.4 Å². The molecule has 0 radical (unpaired) electrons. The Balaban J connectivity index is 1.86. The van der Waals surface area contributed by atoms with E-state index in [1.165, 1.54) is 6.07 Å². The van der Waals surface area contributed by atoms with Crippen LogP contribution in [0.1, 0.15) is 28.4 Å². The van der Waals surface area contributed by atoms with Gasteiger partial charge >= 0.3 is 11.6 Å². The lowest BCUT2D eigenvalue weighted by atomic mass is 10.1. The predicted octanol–water partition coefficient (Wildman–Crippen LogP) is 4.10. The summed E-state index contributed by atoms with van der Waals surface area (Å²) in [6, 6.07) is 11.1. The Morgan fingerprint density at radius 3 is 2.48 bits per heavy atom. The summed E-state index contributed by atoms with van der Waals surface area (Å²) in [5.74, 6) is -0.541. The first-order valence-electron chi connectivity index (χ1n) is 8.24. The molecule has 1 heterocycles. The van der Waals surface area contributed by atoms with E-state index in [9.17, 15) is 13.8 Å². The van der Waals surface area contributed by atoms with Gasteiger partial charge in [-0.25, -0.2) is 9.59 Å². The van der Waals surface area contributed by atoms with Crippen molar-refractivity contribution in [3.05, 3.63) is 74.6 Å². The van der Waals surface area contributed by atoms with Crippen molar-refractivity contribution in [1.82, 2.24) is 0 Å². The molecule has 0 bridgehead atoms. The molecule has 0 fully saturated rings. The molecule has 1 atom stereocenters. The Labute approximate surface area is 163 Å². The van der Waals surface area contributed by atoms with Crippen LogP contribution in [0.2, 0.25) is 5.02 Å². The molecule has 0 aliphatic carbocycles. The quantitative estimate of drug-likeness (QED) is 0.472. The van der Waals surface area contributed by atoms with Crippen molar-refractivity contribution < 1.29 is 18.2 Å². The zero-order chi connectivity index (χ0) is 19.6. The van der Waals surface area contributed by atoms with Crippen LogP contribution in [0.3, 0.4) is 0 Å². The smallest absolute Gasteiger partial charge is 0.338 e. The molecule has 5 nitrogen and oxygen atoms in total. The topological polar surface area (TPSA) is 73.6 Å². The van der Waals surface area contributed by atoms with Crippen LogP contribution < -0.4 is 5.63 Å². The maximum Gasteiger partial charge on any atom is 0.338 e. The first kappa shape index (κ1) is 19.3. The highest BCUT2D eigenvalue weighted by Gasteiger charge is 2.13. The fourth-order valence-corrected chi connectivity index (χ4v) is 3.51. The SMILES string of the molecule is CCc1cc2oc(=O)cc(COC(=O)c3ccc(S(C)=O)cc3)c2cc1Cl. The lowest BCUT2D eigenvalue weighted by Crippen LogP contribution is -2.08. The highest BCUT2D eigenvalue weighted by atomic mass is 35.5. The van der Waals surface area contributed by atoms with E-state index in [1.54, 1.807) is 42.7 Å². The van der Waals surface area contributed by atoms with Crippen LogP contribution in [-0.2, 0) is 28.6 Å². The second-order valence-corrected chi connectivity index (χ2v) is 7.73. The lowest BCUT2D eigenvalue weighted by molar-refractivity contribution is 0.0473. The number of hydrogen-bond acceptors (Lipinski definition) is 5. The average Bonchev–Trinajstić information content (AvgIpc) is 2.65. The number of aryl methyl sites for hydroxylation is 1. The van der Waals surface area contributed by atoms with Crippen LogP contribution in [0, 0.1) is 0 Å². The Kier molecular flexibility index (Phi) is 5.77. The Hall–Kier alpha value is -2.44. The number of hydrogen-bond donors (Lipinski definition) is 0. The van der Waals surface area contributed by atoms with Crippen LogP contribution in [0.4, 0.5) is 0 Å². The summed E-state index contributed by atoms with van der Waals surface area (Å²) in [4.78, 5) is 24.7. The van der Waals surface area contributed by atoms with Crippen molar-refractivity contribution in [2.75, 3.05) is 6.26 Å². The number of benzene rings is 2. The van der Waals surface area contributed by atoms with Gasteiger partial charge in [0.15, 0.2) is 0 Å². The summed E-state index contributed by atoms with van der Waals surface area (Å²) in [5.41, 5.74) is 1.61. The molecule has 0 aliphatic heterocycles. The lowest BCUT2D eigenvalue weighted by Gasteiger charge is -2.09. The van der Waals surface area contributed by atoms with Gasteiger partial charge in [0.05, 0.1) is 5.56 Å². The number of carbonyl (C=O) groups is 1. The molecule has 0 N–H and O–H groups in total. The van der Waals surface area contributed by atoms with E-state index in [0.717, 1.165) is 5.56 Å². The fourth-order valence-electron chi connectivity index (χ4n) is 2.69. The Bertz CT molecular complexity index is 1090. The van der Waals surface area contributed by atoms with Crippen LogP contribution in [0.5, 0.6) is 0 Å². The van der Waals surface area contributed by atoms with E-state index < -0.39 is 22.4 Å². The molecule has 0 amide bonds. The normalized spacial score (nSPS) is 12.1. The zero-order valence-corrected chi connectivity index (χ0v) is 16.4. The van der Waals surface area contributed by atoms with Crippen molar-refractivity contribution in [3.63, 3.8) is 0 Å². The summed E-state index contributed by atoms with van der Waals surface area (Å²) in [6.07, 6.45) is 2.27. The summed E-state index contributed by atoms with van der Waals surface area (Å²) >= 11 is 6.26. The van der Waals surface area contributed by atoms with Gasteiger partial charge in [0, 0.05) is 44.0 Å². The van der Waals surface area contributed by atoms with Crippen molar-refractivity contribution >= 4 is 39.3 Å². The summed E-state index contributed by atoms with van der Waals surface area (Å²) in [6.45, 7) is 1.86. The number of halogens is 1. The number of ether oxygens (including phenoxy) is 1. The fraction of sp³-hybridized carbons (Fsp3) is 0.200. The summed E-state index contributed by atoms with van der Waals surface area (Å²) < 4.78 is 22.0. The van der Waals surface area contributed by atoms with E-state index in [-0.39, 0.29) is 6.61 Å². The maximum absolute atomic E-state index is 12.3. The first-order chi connectivity index (χ1) is 12.9. The minimum Gasteiger partial charge on any atom is -0.457 e. The van der Waals surface area contributed by atoms with Crippen molar-refractivity contribution in [1.29, 1.82) is 0 Å². The summed E-state index contributed by atoms with van der Waals surface area (Å²) in [5, 5.41) is 1.19. The highest BCUT2D eigenvalue weighted by molar-refractivity contribution is 7.84. The van der Waals surface area contributed by atoms with Crippen LogP contribution >= 0.6 is 11.6 Å². The molecule has 140 valence electrons. The first-order valence-corrected chi connectivity index (χ1v) is 10.2. The Morgan fingerprint density at radius 1 is 1.15 bits per heavy atom. The molecule has 0 saturated carbocycles. The third kappa shape index (κ3) is 4.28. The molecule has 27 heavy (non-hydrogen) atoms. The van der Waals surface area contributed by atoms with E-state index in [4.69, 9.17) is 20.8 Å². The van der Waals surface area contributed by atoms with Gasteiger partial charge in [-0.3, -0.25) is 4.21 Å². The second-order valence-electron chi connectivity index (χ2n) is 5.94. The minimum atomic E-state index is -1.12. The third-order valence-electron chi connectivity index (χ3n) is 4.16. The maximum atomic E-state index is 12.3. The van der Waals surface area contributed by atoms with Crippen LogP contribution in [0.15, 0.2) is 56.6 Å². The molecule has 1 aromatic heterocycles. The monoisotopic (exact) mass is 404 g/mol. The molecule has 2 aromatic carbocycles. The molecule has 3 aromatic rings. The Morgan fingerprint density at radius 2 is 1.85 bits per heavy atom. The van der Waals surface area contributed by atoms with Gasteiger partial charge in [-0.15, -0.1) is 0 Å². The molecule has 3 rings (SSSR count). The van der Waals surface area contributed by atoms with Gasteiger partial charge in [0.1, 0.15) is 12.2 Å². The summed E-state index contributed by atoms with van der Waals surface area (Å²) in [7, 11) is -1.12. The van der Waals surface area contributed by atoms with Gasteiger partial charge in [0.25, 0.3) is 0 Å². The number of esters is 1. The molecule has 1 unspecified atom stereocenters. The molecule has 0 aliphatic rings. The molecular formula is C20H17ClO5S. The second kappa shape index (κ2) is 8.06. The molecule has 0 saturated heterocycles. The van der Waals surface area contributed by atoms with E-state index in [2.05, 4.69) is 0 Å². The third-order valence-corrected chi connectivity index (χ3v) is 5.45. The van der Waals surface area contributed by atoms with Gasteiger partial charge < -0.3 is 9.15 Å². The van der Waals surface area contributed by atoms with Gasteiger partial charge in [-0.1, -0.05) is 18.5 Å². The minimum absolute atomic E-state index is 0.0931. The largest absolute Gasteiger partial charge is 0.457 e. The van der Waals surface area contributed by atoms with Crippen LogP contribution in [0.25, 0.3) is 11.0 Å². The number of carbonyl (C=O) groups excluding carboxylic acids is 1. The van der Waals surface area contributed by atoms with Gasteiger partial charge in [0.2, 0.25) is 0 Å². The number of rotatable bonds is 5. The van der Waals surface area contributed by atoms with Gasteiger partial charge in [-0.2, -0.15) is 0 Å². The number of fused-ring (bicyclic) bond motifs is 1. The van der Waals surface area contributed by atoms with Gasteiger partial charge in [-0.05, 0) is 48.4 Å². The average molecular weight is 405 g/mol. The molecule has 7 heteroatoms. The van der Waals surface area contributed by atoms with Crippen molar-refractivity contribution in [2.45, 2.75) is 24.8 Å². The van der Waals surface area contributed by atoms with Crippen LogP contribution in [-0.4, -0.2) is 16.4 Å². The van der Waals surface area contributed by atoms with E-state index >= 15 is 0 Å². The van der Waals surface area contributed by atoms with Crippen molar-refractivity contribution in [3.8, 4) is 0 Å². The van der Waals surface area contributed by atoms with Crippen molar-refractivity contribution in [2.24, 2.45) is 0 Å².